The first-order valence-corrected chi connectivity index (χ1v) is 11.0. The van der Waals surface area contributed by atoms with Crippen LogP contribution in [-0.2, 0) is 16.0 Å². The summed E-state index contributed by atoms with van der Waals surface area (Å²) in [5.74, 6) is -1.02. The number of allylic oxidation sites excluding steroid dienone is 3. The Morgan fingerprint density at radius 1 is 1.34 bits per heavy atom. The van der Waals surface area contributed by atoms with Crippen molar-refractivity contribution in [1.29, 1.82) is 0 Å². The Morgan fingerprint density at radius 3 is 2.78 bits per heavy atom. The molecular formula is C25H34FNO5. The quantitative estimate of drug-likeness (QED) is 0.155. The third kappa shape index (κ3) is 7.88. The Morgan fingerprint density at radius 2 is 2.09 bits per heavy atom. The molecule has 1 fully saturated rings. The molecular weight excluding hydrogens is 413 g/mol. The molecule has 1 aromatic rings. The van der Waals surface area contributed by atoms with Crippen LogP contribution >= 0.6 is 0 Å². The molecule has 0 heterocycles. The monoisotopic (exact) mass is 447 g/mol. The molecule has 1 aliphatic carbocycles. The molecule has 176 valence electrons. The molecule has 0 aromatic heterocycles. The zero-order valence-electron chi connectivity index (χ0n) is 18.8. The van der Waals surface area contributed by atoms with E-state index >= 15 is 0 Å². The van der Waals surface area contributed by atoms with Crippen molar-refractivity contribution in [1.82, 2.24) is 0 Å². The molecule has 32 heavy (non-hydrogen) atoms. The molecule has 7 heteroatoms. The zero-order chi connectivity index (χ0) is 23.6. The summed E-state index contributed by atoms with van der Waals surface area (Å²) < 4.78 is 18.5. The van der Waals surface area contributed by atoms with Gasteiger partial charge in [-0.1, -0.05) is 47.7 Å². The third-order valence-electron chi connectivity index (χ3n) is 5.96. The maximum absolute atomic E-state index is 13.8. The van der Waals surface area contributed by atoms with Gasteiger partial charge in [0.1, 0.15) is 5.82 Å². The fraction of sp³-hybridized carbons (Fsp3) is 0.520. The van der Waals surface area contributed by atoms with Crippen molar-refractivity contribution in [2.75, 3.05) is 7.11 Å². The van der Waals surface area contributed by atoms with Gasteiger partial charge in [0, 0.05) is 24.7 Å². The van der Waals surface area contributed by atoms with Crippen LogP contribution in [0.25, 0.3) is 0 Å². The fourth-order valence-electron chi connectivity index (χ4n) is 3.97. The van der Waals surface area contributed by atoms with E-state index in [1.54, 1.807) is 37.3 Å². The Balaban J connectivity index is 1.96. The minimum Gasteiger partial charge on any atom is -0.469 e. The van der Waals surface area contributed by atoms with Crippen molar-refractivity contribution in [2.24, 2.45) is 17.0 Å². The number of esters is 1. The van der Waals surface area contributed by atoms with Gasteiger partial charge in [0.05, 0.1) is 24.5 Å². The van der Waals surface area contributed by atoms with Gasteiger partial charge in [0.2, 0.25) is 0 Å². The molecule has 0 bridgehead atoms. The average Bonchev–Trinajstić information content (AvgIpc) is 3.08. The normalized spacial score (nSPS) is 24.4. The van der Waals surface area contributed by atoms with Crippen molar-refractivity contribution in [2.45, 2.75) is 63.6 Å². The number of carbonyl (C=O) groups excluding carboxylic acids is 1. The minimum absolute atomic E-state index is 0.184. The van der Waals surface area contributed by atoms with E-state index in [0.29, 0.717) is 43.4 Å². The van der Waals surface area contributed by atoms with Crippen LogP contribution in [0.15, 0.2) is 53.7 Å². The number of benzene rings is 1. The number of oxime groups is 1. The first-order valence-electron chi connectivity index (χ1n) is 11.0. The summed E-state index contributed by atoms with van der Waals surface area (Å²) in [6.45, 7) is 1.65. The number of halogens is 1. The average molecular weight is 448 g/mol. The first kappa shape index (κ1) is 25.7. The SMILES string of the molecule is COC(=O)CCC/C=C\C[C@H]1[C@@H](O)C/C(=N/O)[C@@H]1/C=C/[C@@](C)(O)CCc1ccccc1F. The second-order valence-corrected chi connectivity index (χ2v) is 8.54. The highest BCUT2D eigenvalue weighted by molar-refractivity contribution is 5.90. The van der Waals surface area contributed by atoms with Crippen LogP contribution in [0.1, 0.15) is 51.0 Å². The number of aliphatic hydroxyl groups excluding tert-OH is 1. The zero-order valence-corrected chi connectivity index (χ0v) is 18.8. The van der Waals surface area contributed by atoms with Crippen LogP contribution in [0, 0.1) is 17.7 Å². The summed E-state index contributed by atoms with van der Waals surface area (Å²) >= 11 is 0. The molecule has 0 aliphatic heterocycles. The van der Waals surface area contributed by atoms with Crippen LogP contribution in [0.5, 0.6) is 0 Å². The molecule has 1 saturated carbocycles. The van der Waals surface area contributed by atoms with Gasteiger partial charge in [-0.3, -0.25) is 4.79 Å². The van der Waals surface area contributed by atoms with Gasteiger partial charge in [0.15, 0.2) is 0 Å². The summed E-state index contributed by atoms with van der Waals surface area (Å²) in [5.41, 5.74) is -0.155. The molecule has 3 N–H and O–H groups in total. The molecule has 0 radical (unpaired) electrons. The van der Waals surface area contributed by atoms with Crippen molar-refractivity contribution in [3.05, 3.63) is 60.0 Å². The summed E-state index contributed by atoms with van der Waals surface area (Å²) in [4.78, 5) is 11.1. The van der Waals surface area contributed by atoms with E-state index < -0.39 is 11.7 Å². The fourth-order valence-corrected chi connectivity index (χ4v) is 3.97. The Hall–Kier alpha value is -2.51. The number of nitrogens with zero attached hydrogens (tertiary/aromatic N) is 1. The largest absolute Gasteiger partial charge is 0.469 e. The molecule has 0 amide bonds. The molecule has 4 atom stereocenters. The lowest BCUT2D eigenvalue weighted by atomic mass is 9.88. The Labute approximate surface area is 189 Å². The van der Waals surface area contributed by atoms with E-state index in [4.69, 9.17) is 0 Å². The van der Waals surface area contributed by atoms with Gasteiger partial charge >= 0.3 is 5.97 Å². The van der Waals surface area contributed by atoms with Gasteiger partial charge in [-0.2, -0.15) is 0 Å². The molecule has 1 aromatic carbocycles. The summed E-state index contributed by atoms with van der Waals surface area (Å²) in [6.07, 6.45) is 10.0. The maximum atomic E-state index is 13.8. The van der Waals surface area contributed by atoms with Crippen LogP contribution < -0.4 is 0 Å². The van der Waals surface area contributed by atoms with Crippen LogP contribution in [0.4, 0.5) is 4.39 Å². The van der Waals surface area contributed by atoms with E-state index in [9.17, 15) is 24.6 Å². The second kappa shape index (κ2) is 12.5. The van der Waals surface area contributed by atoms with Crippen LogP contribution in [0.3, 0.4) is 0 Å². The number of aliphatic hydroxyl groups is 2. The summed E-state index contributed by atoms with van der Waals surface area (Å²) in [6, 6.07) is 6.50. The highest BCUT2D eigenvalue weighted by Gasteiger charge is 2.38. The lowest BCUT2D eigenvalue weighted by Gasteiger charge is -2.22. The van der Waals surface area contributed by atoms with Crippen molar-refractivity contribution in [3.8, 4) is 0 Å². The highest BCUT2D eigenvalue weighted by atomic mass is 19.1. The highest BCUT2D eigenvalue weighted by Crippen LogP contribution is 2.35. The molecule has 0 spiro atoms. The summed E-state index contributed by atoms with van der Waals surface area (Å²) in [5, 5.41) is 33.9. The lowest BCUT2D eigenvalue weighted by Crippen LogP contribution is -2.24. The van der Waals surface area contributed by atoms with E-state index in [1.165, 1.54) is 13.2 Å². The van der Waals surface area contributed by atoms with E-state index in [0.717, 1.165) is 6.42 Å². The Bertz CT molecular complexity index is 833. The molecule has 2 rings (SSSR count). The smallest absolute Gasteiger partial charge is 0.305 e. The minimum atomic E-state index is -1.18. The van der Waals surface area contributed by atoms with E-state index in [2.05, 4.69) is 9.89 Å². The first-order chi connectivity index (χ1) is 15.3. The number of ether oxygens (including phenoxy) is 1. The van der Waals surface area contributed by atoms with Crippen molar-refractivity contribution in [3.63, 3.8) is 0 Å². The van der Waals surface area contributed by atoms with Gasteiger partial charge in [-0.25, -0.2) is 4.39 Å². The summed E-state index contributed by atoms with van der Waals surface area (Å²) in [7, 11) is 1.37. The molecule has 1 aliphatic rings. The predicted molar refractivity (Wildman–Crippen MR) is 121 cm³/mol. The van der Waals surface area contributed by atoms with Crippen molar-refractivity contribution >= 4 is 11.7 Å². The number of carbonyl (C=O) groups is 1. The number of aryl methyl sites for hydroxylation is 1. The van der Waals surface area contributed by atoms with Crippen molar-refractivity contribution < 1.29 is 29.3 Å². The third-order valence-corrected chi connectivity index (χ3v) is 5.96. The molecule has 0 saturated heterocycles. The van der Waals surface area contributed by atoms with Crippen LogP contribution in [-0.4, -0.2) is 45.9 Å². The van der Waals surface area contributed by atoms with Gasteiger partial charge in [-0.15, -0.1) is 0 Å². The van der Waals surface area contributed by atoms with Gasteiger partial charge < -0.3 is 20.2 Å². The number of rotatable bonds is 11. The second-order valence-electron chi connectivity index (χ2n) is 8.54. The molecule has 0 unspecified atom stereocenters. The topological polar surface area (TPSA) is 99.4 Å². The van der Waals surface area contributed by atoms with E-state index in [-0.39, 0.29) is 30.0 Å². The molecule has 6 nitrogen and oxygen atoms in total. The number of hydrogen-bond donors (Lipinski definition) is 3. The predicted octanol–water partition coefficient (Wildman–Crippen LogP) is 4.18. The van der Waals surface area contributed by atoms with Gasteiger partial charge in [0.25, 0.3) is 0 Å². The standard InChI is InChI=1S/C25H34FNO5/c1-25(30,15-13-18-9-7-8-11-21(18)26)16-14-19-20(23(28)17-22(19)27-31)10-5-3-4-6-12-24(29)32-2/h3,5,7-9,11,14,16,19-20,23,28,30-31H,4,6,10,12-13,15,17H2,1-2H3/b5-3-,16-14+,27-22-/t19-,20-,23+,25+/m1/s1. The number of unbranched alkanes of at least 4 members (excludes halogenated alkanes) is 1. The maximum Gasteiger partial charge on any atom is 0.305 e. The number of methoxy groups -OCH3 is 1. The van der Waals surface area contributed by atoms with Gasteiger partial charge in [-0.05, 0) is 50.7 Å². The number of hydrogen-bond acceptors (Lipinski definition) is 6. The van der Waals surface area contributed by atoms with E-state index in [1.807, 2.05) is 12.2 Å². The Kier molecular flexibility index (Phi) is 10.1. The van der Waals surface area contributed by atoms with Crippen LogP contribution in [0.2, 0.25) is 0 Å². The lowest BCUT2D eigenvalue weighted by molar-refractivity contribution is -0.140.